The van der Waals surface area contributed by atoms with Gasteiger partial charge in [0.15, 0.2) is 6.54 Å². The fourth-order valence-electron chi connectivity index (χ4n) is 4.31. The van der Waals surface area contributed by atoms with E-state index in [4.69, 9.17) is 0 Å². The molecule has 0 radical (unpaired) electrons. The lowest BCUT2D eigenvalue weighted by molar-refractivity contribution is -0.919. The predicted octanol–water partition coefficient (Wildman–Crippen LogP) is 3.97. The van der Waals surface area contributed by atoms with Crippen LogP contribution in [0.1, 0.15) is 40.5 Å². The second kappa shape index (κ2) is 9.91. The maximum absolute atomic E-state index is 13.0. The van der Waals surface area contributed by atoms with Gasteiger partial charge in [-0.05, 0) is 30.7 Å². The van der Waals surface area contributed by atoms with Crippen LogP contribution >= 0.6 is 11.3 Å². The summed E-state index contributed by atoms with van der Waals surface area (Å²) in [5, 5.41) is 13.5. The molecular formula is C26H28N3OS+. The summed E-state index contributed by atoms with van der Waals surface area (Å²) in [6.07, 6.45) is 3.05. The first-order valence-electron chi connectivity index (χ1n) is 10.9. The van der Waals surface area contributed by atoms with Crippen LogP contribution in [-0.4, -0.2) is 12.5 Å². The van der Waals surface area contributed by atoms with Crippen molar-refractivity contribution in [2.24, 2.45) is 5.92 Å². The van der Waals surface area contributed by atoms with Crippen molar-refractivity contribution < 1.29 is 9.69 Å². The number of hydrogen-bond acceptors (Lipinski definition) is 3. The Labute approximate surface area is 188 Å². The van der Waals surface area contributed by atoms with Gasteiger partial charge < -0.3 is 10.2 Å². The van der Waals surface area contributed by atoms with Gasteiger partial charge in [-0.1, -0.05) is 67.6 Å². The zero-order valence-corrected chi connectivity index (χ0v) is 18.7. The van der Waals surface area contributed by atoms with Crippen LogP contribution in [0.25, 0.3) is 0 Å². The molecule has 1 heterocycles. The Morgan fingerprint density at radius 2 is 1.71 bits per heavy atom. The Hall–Kier alpha value is -2.94. The highest BCUT2D eigenvalue weighted by Gasteiger charge is 2.25. The Morgan fingerprint density at radius 3 is 2.29 bits per heavy atom. The quantitative estimate of drug-likeness (QED) is 0.596. The van der Waals surface area contributed by atoms with Crippen LogP contribution in [0.4, 0.5) is 5.00 Å². The Kier molecular flexibility index (Phi) is 6.81. The number of hydrogen-bond donors (Lipinski definition) is 2. The van der Waals surface area contributed by atoms with Crippen molar-refractivity contribution >= 4 is 22.2 Å². The van der Waals surface area contributed by atoms with E-state index in [2.05, 4.69) is 42.6 Å². The van der Waals surface area contributed by atoms with E-state index in [1.165, 1.54) is 20.9 Å². The van der Waals surface area contributed by atoms with Gasteiger partial charge in [-0.15, -0.1) is 11.3 Å². The number of nitrogens with zero attached hydrogens (tertiary/aromatic N) is 1. The van der Waals surface area contributed by atoms with E-state index in [1.54, 1.807) is 11.3 Å². The third kappa shape index (κ3) is 5.41. The average molecular weight is 431 g/mol. The molecule has 31 heavy (non-hydrogen) atoms. The molecule has 2 N–H and O–H groups in total. The molecule has 0 bridgehead atoms. The van der Waals surface area contributed by atoms with Gasteiger partial charge >= 0.3 is 0 Å². The van der Waals surface area contributed by atoms with Gasteiger partial charge in [-0.25, -0.2) is 0 Å². The van der Waals surface area contributed by atoms with Gasteiger partial charge in [0.05, 0.1) is 5.56 Å². The molecule has 5 heteroatoms. The molecule has 1 aromatic heterocycles. The third-order valence-corrected chi connectivity index (χ3v) is 7.05. The maximum atomic E-state index is 13.0. The summed E-state index contributed by atoms with van der Waals surface area (Å²) < 4.78 is 0. The van der Waals surface area contributed by atoms with Crippen LogP contribution in [0.2, 0.25) is 0 Å². The second-order valence-electron chi connectivity index (χ2n) is 8.47. The summed E-state index contributed by atoms with van der Waals surface area (Å²) in [6.45, 7) is 4.15. The highest BCUT2D eigenvalue weighted by Crippen LogP contribution is 2.39. The van der Waals surface area contributed by atoms with Crippen molar-refractivity contribution in [2.45, 2.75) is 39.3 Å². The van der Waals surface area contributed by atoms with Crippen molar-refractivity contribution in [3.8, 4) is 6.07 Å². The van der Waals surface area contributed by atoms with Crippen LogP contribution in [-0.2, 0) is 30.7 Å². The summed E-state index contributed by atoms with van der Waals surface area (Å²) in [4.78, 5) is 15.5. The molecule has 0 aliphatic heterocycles. The van der Waals surface area contributed by atoms with Crippen molar-refractivity contribution in [2.75, 3.05) is 11.9 Å². The molecule has 1 aliphatic carbocycles. The number of carbonyl (C=O) groups is 1. The number of nitriles is 1. The van der Waals surface area contributed by atoms with Crippen LogP contribution in [0.15, 0.2) is 60.7 Å². The van der Waals surface area contributed by atoms with Gasteiger partial charge in [-0.3, -0.25) is 4.79 Å². The monoisotopic (exact) mass is 430 g/mol. The van der Waals surface area contributed by atoms with Crippen molar-refractivity contribution in [3.05, 3.63) is 87.8 Å². The summed E-state index contributed by atoms with van der Waals surface area (Å²) in [5.41, 5.74) is 4.24. The lowest BCUT2D eigenvalue weighted by Crippen LogP contribution is -3.10. The topological polar surface area (TPSA) is 57.3 Å². The molecule has 1 amide bonds. The minimum atomic E-state index is -0.0370. The standard InChI is InChI=1S/C26H27N3OS/c1-19-12-13-22-23(15-27)26(31-24(22)14-19)28-25(30)18-29(16-20-8-4-2-5-9-20)17-21-10-6-3-7-11-21/h2-11,19H,12-14,16-18H2,1H3,(H,28,30)/p+1/t19-/m1/s1. The van der Waals surface area contributed by atoms with E-state index in [0.29, 0.717) is 18.0 Å². The van der Waals surface area contributed by atoms with Crippen molar-refractivity contribution in [3.63, 3.8) is 0 Å². The second-order valence-corrected chi connectivity index (χ2v) is 9.57. The van der Waals surface area contributed by atoms with E-state index < -0.39 is 0 Å². The van der Waals surface area contributed by atoms with Gasteiger partial charge in [-0.2, -0.15) is 5.26 Å². The number of rotatable bonds is 7. The minimum Gasteiger partial charge on any atom is -0.320 e. The number of thiophene rings is 1. The lowest BCUT2D eigenvalue weighted by atomic mass is 9.89. The van der Waals surface area contributed by atoms with Crippen LogP contribution < -0.4 is 10.2 Å². The molecule has 2 aromatic carbocycles. The number of benzene rings is 2. The normalized spacial score (nSPS) is 15.3. The molecule has 0 unspecified atom stereocenters. The number of carbonyl (C=O) groups excluding carboxylic acids is 1. The SMILES string of the molecule is C[C@@H]1CCc2c(sc(NC(=O)C[NH+](Cc3ccccc3)Cc3ccccc3)c2C#N)C1. The van der Waals surface area contributed by atoms with Crippen molar-refractivity contribution in [1.82, 2.24) is 0 Å². The molecule has 4 nitrogen and oxygen atoms in total. The molecule has 158 valence electrons. The van der Waals surface area contributed by atoms with Crippen LogP contribution in [0.3, 0.4) is 0 Å². The van der Waals surface area contributed by atoms with Crippen LogP contribution in [0.5, 0.6) is 0 Å². The summed E-state index contributed by atoms with van der Waals surface area (Å²) in [5.74, 6) is 0.600. The van der Waals surface area contributed by atoms with Gasteiger partial charge in [0, 0.05) is 16.0 Å². The van der Waals surface area contributed by atoms with Gasteiger partial charge in [0.2, 0.25) is 0 Å². The molecule has 0 spiro atoms. The smallest absolute Gasteiger partial charge is 0.280 e. The molecule has 1 aliphatic rings. The van der Waals surface area contributed by atoms with E-state index in [9.17, 15) is 10.1 Å². The Bertz CT molecular complexity index is 1030. The van der Waals surface area contributed by atoms with E-state index >= 15 is 0 Å². The number of anilines is 1. The van der Waals surface area contributed by atoms with Crippen molar-refractivity contribution in [1.29, 1.82) is 5.26 Å². The number of quaternary nitrogens is 1. The Morgan fingerprint density at radius 1 is 1.10 bits per heavy atom. The third-order valence-electron chi connectivity index (χ3n) is 5.88. The molecule has 0 fully saturated rings. The van der Waals surface area contributed by atoms with Gasteiger partial charge in [0.25, 0.3) is 5.91 Å². The number of nitrogens with one attached hydrogen (secondary N) is 2. The Balaban J connectivity index is 1.49. The van der Waals surface area contributed by atoms with E-state index in [-0.39, 0.29) is 5.91 Å². The van der Waals surface area contributed by atoms with Gasteiger partial charge in [0.1, 0.15) is 24.2 Å². The minimum absolute atomic E-state index is 0.0370. The summed E-state index contributed by atoms with van der Waals surface area (Å²) in [6, 6.07) is 22.9. The highest BCUT2D eigenvalue weighted by atomic mass is 32.1. The van der Waals surface area contributed by atoms with E-state index in [0.717, 1.165) is 42.9 Å². The molecule has 4 rings (SSSR count). The predicted molar refractivity (Wildman–Crippen MR) is 125 cm³/mol. The molecule has 0 saturated heterocycles. The molecule has 0 saturated carbocycles. The zero-order chi connectivity index (χ0) is 21.6. The number of fused-ring (bicyclic) bond motifs is 1. The fraction of sp³-hybridized carbons (Fsp3) is 0.308. The lowest BCUT2D eigenvalue weighted by Gasteiger charge is -2.19. The molecule has 1 atom stereocenters. The number of amides is 1. The molecule has 3 aromatic rings. The highest BCUT2D eigenvalue weighted by molar-refractivity contribution is 7.16. The first kappa shape index (κ1) is 21.3. The molecular weight excluding hydrogens is 402 g/mol. The average Bonchev–Trinajstić information content (AvgIpc) is 3.10. The fourth-order valence-corrected chi connectivity index (χ4v) is 5.69. The zero-order valence-electron chi connectivity index (χ0n) is 17.9. The maximum Gasteiger partial charge on any atom is 0.280 e. The largest absolute Gasteiger partial charge is 0.320 e. The summed E-state index contributed by atoms with van der Waals surface area (Å²) >= 11 is 1.59. The van der Waals surface area contributed by atoms with Crippen LogP contribution in [0, 0.1) is 17.2 Å². The van der Waals surface area contributed by atoms with E-state index in [1.807, 2.05) is 36.4 Å². The first-order chi connectivity index (χ1) is 15.1. The summed E-state index contributed by atoms with van der Waals surface area (Å²) in [7, 11) is 0. The first-order valence-corrected chi connectivity index (χ1v) is 11.7.